The number of hydrogen-bond acceptors (Lipinski definition) is 10. The van der Waals surface area contributed by atoms with Gasteiger partial charge in [0.25, 0.3) is 5.56 Å². The van der Waals surface area contributed by atoms with Crippen molar-refractivity contribution in [1.29, 1.82) is 0 Å². The van der Waals surface area contributed by atoms with Crippen LogP contribution in [-0.4, -0.2) is 96.7 Å². The lowest BCUT2D eigenvalue weighted by atomic mass is 10.1. The Balaban J connectivity index is 1.18. The summed E-state index contributed by atoms with van der Waals surface area (Å²) in [7, 11) is 3.35. The fourth-order valence-corrected chi connectivity index (χ4v) is 8.15. The maximum Gasteiger partial charge on any atom is 0.254 e. The Morgan fingerprint density at radius 2 is 1.83 bits per heavy atom. The molecule has 14 nitrogen and oxygen atoms in total. The molecule has 6 aromatic rings. The van der Waals surface area contributed by atoms with Crippen LogP contribution in [0, 0.1) is 18.6 Å². The van der Waals surface area contributed by atoms with Crippen molar-refractivity contribution < 1.29 is 23.0 Å². The molecular formula is C38H38F2N10O4. The second kappa shape index (κ2) is 13.2. The smallest absolute Gasteiger partial charge is 0.254 e. The highest BCUT2D eigenvalue weighted by Gasteiger charge is 2.41. The lowest BCUT2D eigenvalue weighted by Crippen LogP contribution is -2.47. The number of carbonyl (C=O) groups is 1. The van der Waals surface area contributed by atoms with Gasteiger partial charge in [-0.1, -0.05) is 0 Å². The molecule has 278 valence electrons. The van der Waals surface area contributed by atoms with Crippen LogP contribution >= 0.6 is 0 Å². The van der Waals surface area contributed by atoms with E-state index in [9.17, 15) is 14.0 Å². The quantitative estimate of drug-likeness (QED) is 0.274. The summed E-state index contributed by atoms with van der Waals surface area (Å²) in [4.78, 5) is 46.3. The number of amides is 1. The summed E-state index contributed by atoms with van der Waals surface area (Å²) in [5.74, 6) is 0.269. The third-order valence-corrected chi connectivity index (χ3v) is 10.7. The number of aromatic nitrogens is 7. The van der Waals surface area contributed by atoms with Crippen molar-refractivity contribution >= 4 is 39.6 Å². The normalized spacial score (nSPS) is 20.3. The molecule has 1 saturated heterocycles. The molecule has 0 spiro atoms. The van der Waals surface area contributed by atoms with Gasteiger partial charge >= 0.3 is 0 Å². The van der Waals surface area contributed by atoms with E-state index in [1.807, 2.05) is 16.4 Å². The van der Waals surface area contributed by atoms with Crippen LogP contribution in [0.15, 0.2) is 59.7 Å². The minimum Gasteiger partial charge on any atom is -0.491 e. The van der Waals surface area contributed by atoms with Crippen LogP contribution in [0.3, 0.4) is 0 Å². The topological polar surface area (TPSA) is 137 Å². The van der Waals surface area contributed by atoms with Gasteiger partial charge in [-0.15, -0.1) is 0 Å². The van der Waals surface area contributed by atoms with Gasteiger partial charge in [0.1, 0.15) is 40.6 Å². The van der Waals surface area contributed by atoms with Crippen molar-refractivity contribution in [3.63, 3.8) is 0 Å². The Kier molecular flexibility index (Phi) is 8.28. The van der Waals surface area contributed by atoms with E-state index in [1.165, 1.54) is 24.3 Å². The zero-order valence-electron chi connectivity index (χ0n) is 30.0. The summed E-state index contributed by atoms with van der Waals surface area (Å²) < 4.78 is 46.6. The standard InChI is InChI=1S/C38H38F2N10O4/c1-21-43-29-13-23(40)12-26-28-8-9-41-38(45-28)44-24-15-32(37(52)46(2)19-25(53-3)20-48(21)35(26)29)49(18-24)31-16-34(51)47-10-4-5-11-54-33-14-22(39)6-7-30(33)50-36(47)27(31)17-42-50/h6-9,12-14,16-17,24-25,32H,4-5,10-11,15,18-20H2,1-3H3,(H,41,44,45)/t24-,25-,32-/m0/s1. The van der Waals surface area contributed by atoms with Crippen LogP contribution in [0.5, 0.6) is 5.75 Å². The molecule has 16 heteroatoms. The first kappa shape index (κ1) is 33.9. The molecule has 0 saturated carbocycles. The summed E-state index contributed by atoms with van der Waals surface area (Å²) in [6.45, 7) is 3.58. The molecule has 0 aliphatic carbocycles. The predicted molar refractivity (Wildman–Crippen MR) is 197 cm³/mol. The number of benzene rings is 2. The average Bonchev–Trinajstić information content (AvgIpc) is 3.86. The molecule has 4 aromatic heterocycles. The Bertz CT molecular complexity index is 2510. The van der Waals surface area contributed by atoms with Crippen LogP contribution in [-0.2, 0) is 22.6 Å². The van der Waals surface area contributed by atoms with E-state index in [1.54, 1.807) is 58.9 Å². The number of methoxy groups -OCH3 is 1. The minimum atomic E-state index is -0.684. The highest BCUT2D eigenvalue weighted by atomic mass is 19.1. The fourth-order valence-electron chi connectivity index (χ4n) is 8.15. The third-order valence-electron chi connectivity index (χ3n) is 10.7. The number of nitrogens with zero attached hydrogens (tertiary/aromatic N) is 9. The van der Waals surface area contributed by atoms with Crippen molar-refractivity contribution in [1.82, 2.24) is 38.8 Å². The van der Waals surface area contributed by atoms with Gasteiger partial charge < -0.3 is 29.2 Å². The predicted octanol–water partition coefficient (Wildman–Crippen LogP) is 4.30. The lowest BCUT2D eigenvalue weighted by molar-refractivity contribution is -0.132. The molecular weight excluding hydrogens is 698 g/mol. The summed E-state index contributed by atoms with van der Waals surface area (Å²) in [5, 5.41) is 8.80. The van der Waals surface area contributed by atoms with Gasteiger partial charge in [0.05, 0.1) is 53.3 Å². The van der Waals surface area contributed by atoms with Crippen molar-refractivity contribution in [2.45, 2.75) is 57.5 Å². The van der Waals surface area contributed by atoms with Crippen LogP contribution in [0.2, 0.25) is 0 Å². The van der Waals surface area contributed by atoms with Crippen LogP contribution in [0.1, 0.15) is 25.1 Å². The van der Waals surface area contributed by atoms with E-state index >= 15 is 4.39 Å². The number of fused-ring (bicyclic) bond motifs is 7. The van der Waals surface area contributed by atoms with Crippen LogP contribution in [0.4, 0.5) is 20.4 Å². The Morgan fingerprint density at radius 3 is 2.69 bits per heavy atom. The van der Waals surface area contributed by atoms with Crippen LogP contribution < -0.4 is 20.5 Å². The molecule has 3 atom stereocenters. The number of halogens is 2. The van der Waals surface area contributed by atoms with Gasteiger partial charge in [0, 0.05) is 69.8 Å². The van der Waals surface area contributed by atoms with E-state index < -0.39 is 23.8 Å². The highest BCUT2D eigenvalue weighted by Crippen LogP contribution is 2.37. The Hall–Kier alpha value is -5.90. The zero-order chi connectivity index (χ0) is 37.2. The van der Waals surface area contributed by atoms with E-state index in [0.29, 0.717) is 108 Å². The number of aryl methyl sites for hydroxylation is 2. The van der Waals surface area contributed by atoms with Gasteiger partial charge in [0.15, 0.2) is 0 Å². The number of rotatable bonds is 2. The van der Waals surface area contributed by atoms with Gasteiger partial charge in [-0.05, 0) is 50.5 Å². The Morgan fingerprint density at radius 1 is 0.963 bits per heavy atom. The fraction of sp³-hybridized carbons (Fsp3) is 0.368. The monoisotopic (exact) mass is 736 g/mol. The first-order valence-electron chi connectivity index (χ1n) is 18.0. The van der Waals surface area contributed by atoms with Gasteiger partial charge in [0.2, 0.25) is 11.9 Å². The van der Waals surface area contributed by atoms with E-state index in [-0.39, 0.29) is 24.1 Å². The van der Waals surface area contributed by atoms with Gasteiger partial charge in [-0.25, -0.2) is 28.4 Å². The zero-order valence-corrected chi connectivity index (χ0v) is 30.0. The van der Waals surface area contributed by atoms with Crippen molar-refractivity contribution in [2.24, 2.45) is 0 Å². The number of likely N-dealkylation sites (N-methyl/N-ethyl adjacent to an activating group) is 1. The van der Waals surface area contributed by atoms with E-state index in [2.05, 4.69) is 15.3 Å². The first-order chi connectivity index (χ1) is 26.2. The number of carbonyl (C=O) groups excluding carboxylic acids is 1. The van der Waals surface area contributed by atoms with Crippen molar-refractivity contribution in [3.05, 3.63) is 82.7 Å². The molecule has 7 heterocycles. The second-order valence-corrected chi connectivity index (χ2v) is 14.2. The number of imidazole rings is 1. The maximum absolute atomic E-state index is 15.0. The minimum absolute atomic E-state index is 0.158. The molecule has 2 aromatic carbocycles. The lowest BCUT2D eigenvalue weighted by Gasteiger charge is -2.31. The number of nitrogens with one attached hydrogen (secondary N) is 1. The molecule has 3 aliphatic heterocycles. The van der Waals surface area contributed by atoms with Crippen molar-refractivity contribution in [3.8, 4) is 22.7 Å². The van der Waals surface area contributed by atoms with E-state index in [4.69, 9.17) is 19.6 Å². The largest absolute Gasteiger partial charge is 0.491 e. The number of pyridine rings is 1. The van der Waals surface area contributed by atoms with Crippen molar-refractivity contribution in [2.75, 3.05) is 44.1 Å². The number of ether oxygens (including phenoxy) is 2. The average molecular weight is 737 g/mol. The van der Waals surface area contributed by atoms with Gasteiger partial charge in [-0.3, -0.25) is 14.2 Å². The second-order valence-electron chi connectivity index (χ2n) is 14.2. The summed E-state index contributed by atoms with van der Waals surface area (Å²) in [5.41, 5.74) is 3.61. The Labute approximate surface area is 307 Å². The third kappa shape index (κ3) is 5.71. The van der Waals surface area contributed by atoms with Gasteiger partial charge in [-0.2, -0.15) is 5.10 Å². The molecule has 1 fully saturated rings. The molecule has 54 heavy (non-hydrogen) atoms. The molecule has 1 N–H and O–H groups in total. The van der Waals surface area contributed by atoms with Crippen LogP contribution in [0.25, 0.3) is 39.0 Å². The molecule has 4 bridgehead atoms. The molecule has 9 rings (SSSR count). The summed E-state index contributed by atoms with van der Waals surface area (Å²) in [6, 6.07) is 9.43. The molecule has 0 unspecified atom stereocenters. The SMILES string of the molecule is CO[C@H]1CN(C)C(=O)[C@@H]2C[C@@H](CN2c2cc(=O)n3c4c2cnn4-c2ccc(F)cc2OCCCC3)Nc2nccc(n2)-c2cc(F)cc3nc(C)n(c23)C1. The molecule has 0 radical (unpaired) electrons. The molecule has 3 aliphatic rings. The maximum atomic E-state index is 15.0. The summed E-state index contributed by atoms with van der Waals surface area (Å²) >= 11 is 0. The first-order valence-corrected chi connectivity index (χ1v) is 18.0. The number of hydrogen-bond donors (Lipinski definition) is 1. The number of anilines is 2. The molecule has 1 amide bonds. The highest BCUT2D eigenvalue weighted by molar-refractivity contribution is 5.95. The summed E-state index contributed by atoms with van der Waals surface area (Å²) in [6.07, 6.45) is 4.56. The van der Waals surface area contributed by atoms with E-state index in [0.717, 1.165) is 0 Å².